The van der Waals surface area contributed by atoms with Gasteiger partial charge in [-0.25, -0.2) is 0 Å². The minimum atomic E-state index is -0.132. The lowest BCUT2D eigenvalue weighted by atomic mass is 9.87. The molecule has 2 aromatic rings. The van der Waals surface area contributed by atoms with E-state index in [1.165, 1.54) is 22.3 Å². The van der Waals surface area contributed by atoms with Crippen LogP contribution in [0.25, 0.3) is 0 Å². The summed E-state index contributed by atoms with van der Waals surface area (Å²) >= 11 is 3.54. The molecule has 1 N–H and O–H groups in total. The number of hydrogen-bond acceptors (Lipinski definition) is 2. The first-order valence-electron chi connectivity index (χ1n) is 9.29. The molecule has 27 heavy (non-hydrogen) atoms. The molecule has 1 amide bonds. The molecule has 3 nitrogen and oxygen atoms in total. The summed E-state index contributed by atoms with van der Waals surface area (Å²) in [6.07, 6.45) is 0. The Bertz CT molecular complexity index is 837. The van der Waals surface area contributed by atoms with E-state index < -0.39 is 0 Å². The molecule has 2 rings (SSSR count). The molecule has 0 spiro atoms. The minimum absolute atomic E-state index is 0.0122. The van der Waals surface area contributed by atoms with E-state index in [0.717, 1.165) is 10.0 Å². The largest absolute Gasteiger partial charge is 0.483 e. The average Bonchev–Trinajstić information content (AvgIpc) is 2.56. The number of carbonyl (C=O) groups is 1. The van der Waals surface area contributed by atoms with E-state index in [1.54, 1.807) is 0 Å². The fourth-order valence-corrected chi connectivity index (χ4v) is 3.53. The lowest BCUT2D eigenvalue weighted by molar-refractivity contribution is -0.123. The highest BCUT2D eigenvalue weighted by atomic mass is 79.9. The topological polar surface area (TPSA) is 38.3 Å². The summed E-state index contributed by atoms with van der Waals surface area (Å²) < 4.78 is 6.58. The highest BCUT2D eigenvalue weighted by Crippen LogP contribution is 2.31. The molecule has 0 radical (unpaired) electrons. The summed E-state index contributed by atoms with van der Waals surface area (Å²) in [7, 11) is 0. The van der Waals surface area contributed by atoms with Crippen molar-refractivity contribution in [3.05, 3.63) is 62.6 Å². The number of amides is 1. The molecule has 0 heterocycles. The molecule has 0 aromatic heterocycles. The van der Waals surface area contributed by atoms with Gasteiger partial charge in [0.25, 0.3) is 5.91 Å². The molecule has 4 heteroatoms. The van der Waals surface area contributed by atoms with E-state index in [-0.39, 0.29) is 24.0 Å². The van der Waals surface area contributed by atoms with E-state index in [0.29, 0.717) is 5.75 Å². The second kappa shape index (κ2) is 8.47. The van der Waals surface area contributed by atoms with Crippen molar-refractivity contribution in [2.75, 3.05) is 6.61 Å². The van der Waals surface area contributed by atoms with E-state index in [2.05, 4.69) is 74.9 Å². The third kappa shape index (κ3) is 5.58. The standard InChI is InChI=1S/C23H30BrNO2/c1-14-10-16(3)19(11-15(14)2)17(4)25-22(26)13-27-21-9-8-18(12-20(21)24)23(5,6)7/h8-12,17H,13H2,1-7H3,(H,25,26)/t17-/m0/s1. The molecule has 0 saturated carbocycles. The Balaban J connectivity index is 1.99. The zero-order valence-corrected chi connectivity index (χ0v) is 19.0. The molecule has 0 saturated heterocycles. The minimum Gasteiger partial charge on any atom is -0.483 e. The summed E-state index contributed by atoms with van der Waals surface area (Å²) in [5, 5.41) is 3.03. The highest BCUT2D eigenvalue weighted by Gasteiger charge is 2.17. The first-order valence-corrected chi connectivity index (χ1v) is 10.1. The molecule has 146 valence electrons. The Labute approximate surface area is 171 Å². The van der Waals surface area contributed by atoms with Gasteiger partial charge in [-0.15, -0.1) is 0 Å². The van der Waals surface area contributed by atoms with Gasteiger partial charge in [0.15, 0.2) is 6.61 Å². The molecule has 0 unspecified atom stereocenters. The van der Waals surface area contributed by atoms with Crippen molar-refractivity contribution in [2.24, 2.45) is 0 Å². The third-order valence-corrected chi connectivity index (χ3v) is 5.50. The normalized spacial score (nSPS) is 12.6. The van der Waals surface area contributed by atoms with Crippen LogP contribution >= 0.6 is 15.9 Å². The Morgan fingerprint density at radius 2 is 1.70 bits per heavy atom. The fraction of sp³-hybridized carbons (Fsp3) is 0.435. The second-order valence-electron chi connectivity index (χ2n) is 8.27. The zero-order chi connectivity index (χ0) is 20.4. The van der Waals surface area contributed by atoms with Crippen LogP contribution in [0.3, 0.4) is 0 Å². The predicted octanol–water partition coefficient (Wildman–Crippen LogP) is 5.93. The maximum Gasteiger partial charge on any atom is 0.258 e. The van der Waals surface area contributed by atoms with Crippen LogP contribution in [0.5, 0.6) is 5.75 Å². The number of nitrogens with one attached hydrogen (secondary N) is 1. The Morgan fingerprint density at radius 3 is 2.30 bits per heavy atom. The van der Waals surface area contributed by atoms with Gasteiger partial charge in [0, 0.05) is 0 Å². The van der Waals surface area contributed by atoms with Crippen LogP contribution in [0.15, 0.2) is 34.8 Å². The number of aryl methyl sites for hydroxylation is 3. The zero-order valence-electron chi connectivity index (χ0n) is 17.4. The summed E-state index contributed by atoms with van der Waals surface area (Å²) in [4.78, 5) is 12.3. The van der Waals surface area contributed by atoms with Crippen molar-refractivity contribution >= 4 is 21.8 Å². The predicted molar refractivity (Wildman–Crippen MR) is 116 cm³/mol. The fourth-order valence-electron chi connectivity index (χ4n) is 3.04. The van der Waals surface area contributed by atoms with Crippen LogP contribution in [-0.2, 0) is 10.2 Å². The number of rotatable bonds is 5. The SMILES string of the molecule is Cc1cc(C)c([C@H](C)NC(=O)COc2ccc(C(C)(C)C)cc2Br)cc1C. The number of carbonyl (C=O) groups excluding carboxylic acids is 1. The molecular formula is C23H30BrNO2. The smallest absolute Gasteiger partial charge is 0.258 e. The third-order valence-electron chi connectivity index (χ3n) is 4.88. The van der Waals surface area contributed by atoms with Gasteiger partial charge in [-0.2, -0.15) is 0 Å². The highest BCUT2D eigenvalue weighted by molar-refractivity contribution is 9.10. The molecule has 0 bridgehead atoms. The van der Waals surface area contributed by atoms with Gasteiger partial charge in [0.1, 0.15) is 5.75 Å². The molecule has 0 aliphatic carbocycles. The van der Waals surface area contributed by atoms with E-state index in [4.69, 9.17) is 4.74 Å². The van der Waals surface area contributed by atoms with Gasteiger partial charge in [-0.05, 0) is 89.0 Å². The van der Waals surface area contributed by atoms with Gasteiger partial charge >= 0.3 is 0 Å². The van der Waals surface area contributed by atoms with E-state index in [1.807, 2.05) is 25.1 Å². The molecule has 2 aromatic carbocycles. The monoisotopic (exact) mass is 431 g/mol. The van der Waals surface area contributed by atoms with Gasteiger partial charge < -0.3 is 10.1 Å². The van der Waals surface area contributed by atoms with Crippen molar-refractivity contribution in [3.63, 3.8) is 0 Å². The second-order valence-corrected chi connectivity index (χ2v) is 9.12. The number of hydrogen-bond donors (Lipinski definition) is 1. The molecule has 1 atom stereocenters. The van der Waals surface area contributed by atoms with Gasteiger partial charge in [0.05, 0.1) is 10.5 Å². The lowest BCUT2D eigenvalue weighted by Crippen LogP contribution is -2.31. The first-order chi connectivity index (χ1) is 12.5. The van der Waals surface area contributed by atoms with Crippen LogP contribution in [0.4, 0.5) is 0 Å². The summed E-state index contributed by atoms with van der Waals surface area (Å²) in [5.41, 5.74) is 6.11. The summed E-state index contributed by atoms with van der Waals surface area (Å²) in [6, 6.07) is 10.3. The van der Waals surface area contributed by atoms with Gasteiger partial charge in [0.2, 0.25) is 0 Å². The van der Waals surface area contributed by atoms with Crippen molar-refractivity contribution in [2.45, 2.75) is 59.9 Å². The van der Waals surface area contributed by atoms with E-state index >= 15 is 0 Å². The average molecular weight is 432 g/mol. The number of halogens is 1. The maximum absolute atomic E-state index is 12.3. The quantitative estimate of drug-likeness (QED) is 0.636. The summed E-state index contributed by atoms with van der Waals surface area (Å²) in [6.45, 7) is 14.8. The van der Waals surface area contributed by atoms with Gasteiger partial charge in [-0.3, -0.25) is 4.79 Å². The van der Waals surface area contributed by atoms with Crippen LogP contribution in [-0.4, -0.2) is 12.5 Å². The number of benzene rings is 2. The van der Waals surface area contributed by atoms with Crippen LogP contribution in [0.2, 0.25) is 0 Å². The molecule has 0 aliphatic rings. The van der Waals surface area contributed by atoms with Crippen molar-refractivity contribution in [1.29, 1.82) is 0 Å². The van der Waals surface area contributed by atoms with Crippen LogP contribution in [0.1, 0.15) is 61.6 Å². The molecule has 0 aliphatic heterocycles. The van der Waals surface area contributed by atoms with Crippen LogP contribution < -0.4 is 10.1 Å². The van der Waals surface area contributed by atoms with Crippen molar-refractivity contribution in [1.82, 2.24) is 5.32 Å². The van der Waals surface area contributed by atoms with Gasteiger partial charge in [-0.1, -0.05) is 39.0 Å². The Morgan fingerprint density at radius 1 is 1.07 bits per heavy atom. The first kappa shape index (κ1) is 21.5. The summed E-state index contributed by atoms with van der Waals surface area (Å²) in [5.74, 6) is 0.542. The molecular weight excluding hydrogens is 402 g/mol. The Kier molecular flexibility index (Phi) is 6.74. The number of ether oxygens (including phenoxy) is 1. The lowest BCUT2D eigenvalue weighted by Gasteiger charge is -2.21. The van der Waals surface area contributed by atoms with Crippen molar-refractivity contribution < 1.29 is 9.53 Å². The van der Waals surface area contributed by atoms with Crippen LogP contribution in [0, 0.1) is 20.8 Å². The van der Waals surface area contributed by atoms with E-state index in [9.17, 15) is 4.79 Å². The Hall–Kier alpha value is -1.81. The van der Waals surface area contributed by atoms with Crippen molar-refractivity contribution in [3.8, 4) is 5.75 Å². The maximum atomic E-state index is 12.3. The molecule has 0 fully saturated rings.